The Balaban J connectivity index is 1.89. The molecule has 5 rings (SSSR count). The molecule has 2 aromatic heterocycles. The molecule has 25 heavy (non-hydrogen) atoms. The molecule has 0 unspecified atom stereocenters. The second kappa shape index (κ2) is 5.45. The van der Waals surface area contributed by atoms with Crippen molar-refractivity contribution in [1.82, 2.24) is 14.5 Å². The molecule has 0 bridgehead atoms. The summed E-state index contributed by atoms with van der Waals surface area (Å²) in [6, 6.07) is 21.1. The fraction of sp³-hybridized carbons (Fsp3) is 0.143. The van der Waals surface area contributed by atoms with Crippen LogP contribution >= 0.6 is 0 Å². The van der Waals surface area contributed by atoms with Gasteiger partial charge in [-0.05, 0) is 48.9 Å². The minimum absolute atomic E-state index is 0.0744. The van der Waals surface area contributed by atoms with Gasteiger partial charge in [-0.25, -0.2) is 4.98 Å². The fourth-order valence-electron chi connectivity index (χ4n) is 3.87. The number of nitrogens with zero attached hydrogens (tertiary/aromatic N) is 4. The van der Waals surface area contributed by atoms with Gasteiger partial charge in [-0.15, -0.1) is 0 Å². The van der Waals surface area contributed by atoms with Gasteiger partial charge in [0.2, 0.25) is 0 Å². The summed E-state index contributed by atoms with van der Waals surface area (Å²) in [5.41, 5.74) is 5.83. The topological polar surface area (TPSA) is 34.0 Å². The zero-order valence-electron chi connectivity index (χ0n) is 14.0. The van der Waals surface area contributed by atoms with E-state index in [4.69, 9.17) is 4.98 Å². The fourth-order valence-corrected chi connectivity index (χ4v) is 3.87. The van der Waals surface area contributed by atoms with E-state index in [0.717, 1.165) is 23.4 Å². The number of imidazole rings is 1. The van der Waals surface area contributed by atoms with Crippen LogP contribution in [0.4, 0.5) is 5.69 Å². The zero-order chi connectivity index (χ0) is 16.8. The second-order valence-corrected chi connectivity index (χ2v) is 6.25. The van der Waals surface area contributed by atoms with Gasteiger partial charge in [-0.2, -0.15) is 0 Å². The second-order valence-electron chi connectivity index (χ2n) is 6.25. The molecule has 122 valence electrons. The van der Waals surface area contributed by atoms with Crippen LogP contribution in [0.1, 0.15) is 18.7 Å². The molecule has 0 amide bonds. The molecule has 1 atom stereocenters. The quantitative estimate of drug-likeness (QED) is 0.544. The third kappa shape index (κ3) is 2.00. The average Bonchev–Trinajstić information content (AvgIpc) is 3.07. The van der Waals surface area contributed by atoms with Crippen molar-refractivity contribution in [3.8, 4) is 11.4 Å². The van der Waals surface area contributed by atoms with E-state index in [1.807, 2.05) is 18.5 Å². The van der Waals surface area contributed by atoms with Crippen LogP contribution in [-0.4, -0.2) is 21.1 Å². The Morgan fingerprint density at radius 2 is 1.68 bits per heavy atom. The highest BCUT2D eigenvalue weighted by atomic mass is 15.3. The molecular formula is C21H18N4. The Morgan fingerprint density at radius 3 is 2.52 bits per heavy atom. The third-order valence-corrected chi connectivity index (χ3v) is 4.93. The van der Waals surface area contributed by atoms with Crippen molar-refractivity contribution < 1.29 is 0 Å². The third-order valence-electron chi connectivity index (χ3n) is 4.93. The molecule has 0 aliphatic carbocycles. The normalized spacial score (nSPS) is 15.9. The van der Waals surface area contributed by atoms with E-state index >= 15 is 0 Å². The van der Waals surface area contributed by atoms with Crippen LogP contribution in [0.5, 0.6) is 0 Å². The van der Waals surface area contributed by atoms with Crippen molar-refractivity contribution in [2.75, 3.05) is 11.4 Å². The van der Waals surface area contributed by atoms with Crippen LogP contribution in [0.2, 0.25) is 0 Å². The van der Waals surface area contributed by atoms with Gasteiger partial charge < -0.3 is 4.90 Å². The van der Waals surface area contributed by atoms with E-state index in [1.54, 1.807) is 0 Å². The molecule has 1 aliphatic rings. The maximum absolute atomic E-state index is 4.96. The standard InChI is InChI=1S/C21H18N4/c1-2-24-18-9-5-3-7-16(18)20-23-17-8-4-6-10-19(17)25(20)21(24)15-11-13-22-14-12-15/h3-14,21H,2H2,1H3/t21-/m0/s1. The van der Waals surface area contributed by atoms with E-state index in [0.29, 0.717) is 0 Å². The number of rotatable bonds is 2. The molecular weight excluding hydrogens is 308 g/mol. The van der Waals surface area contributed by atoms with Crippen molar-refractivity contribution >= 4 is 16.7 Å². The Morgan fingerprint density at radius 1 is 0.920 bits per heavy atom. The van der Waals surface area contributed by atoms with Gasteiger partial charge in [-0.3, -0.25) is 9.55 Å². The van der Waals surface area contributed by atoms with Crippen LogP contribution in [0.15, 0.2) is 73.1 Å². The van der Waals surface area contributed by atoms with Gasteiger partial charge >= 0.3 is 0 Å². The first-order valence-electron chi connectivity index (χ1n) is 8.61. The highest BCUT2D eigenvalue weighted by molar-refractivity contribution is 5.87. The first-order chi connectivity index (χ1) is 12.4. The molecule has 0 radical (unpaired) electrons. The lowest BCUT2D eigenvalue weighted by atomic mass is 10.0. The first kappa shape index (κ1) is 14.2. The highest BCUT2D eigenvalue weighted by Crippen LogP contribution is 2.44. The molecule has 0 fully saturated rings. The lowest BCUT2D eigenvalue weighted by Crippen LogP contribution is -2.37. The van der Waals surface area contributed by atoms with E-state index < -0.39 is 0 Å². The first-order valence-corrected chi connectivity index (χ1v) is 8.61. The summed E-state index contributed by atoms with van der Waals surface area (Å²) in [5.74, 6) is 1.03. The maximum Gasteiger partial charge on any atom is 0.145 e. The number of hydrogen-bond donors (Lipinski definition) is 0. The molecule has 0 N–H and O–H groups in total. The smallest absolute Gasteiger partial charge is 0.145 e. The summed E-state index contributed by atoms with van der Waals surface area (Å²) >= 11 is 0. The van der Waals surface area contributed by atoms with Gasteiger partial charge in [0.15, 0.2) is 0 Å². The molecule has 1 aliphatic heterocycles. The van der Waals surface area contributed by atoms with Crippen LogP contribution in [0.25, 0.3) is 22.4 Å². The van der Waals surface area contributed by atoms with Gasteiger partial charge in [0.1, 0.15) is 12.0 Å². The Kier molecular flexibility index (Phi) is 3.10. The Hall–Kier alpha value is -3.14. The van der Waals surface area contributed by atoms with Crippen molar-refractivity contribution in [2.24, 2.45) is 0 Å². The van der Waals surface area contributed by atoms with Crippen LogP contribution in [-0.2, 0) is 0 Å². The molecule has 2 aromatic carbocycles. The Bertz CT molecular complexity index is 1050. The van der Waals surface area contributed by atoms with E-state index in [1.165, 1.54) is 16.8 Å². The van der Waals surface area contributed by atoms with Gasteiger partial charge in [-0.1, -0.05) is 24.3 Å². The number of para-hydroxylation sites is 3. The molecule has 0 spiro atoms. The van der Waals surface area contributed by atoms with E-state index in [-0.39, 0.29) is 6.17 Å². The molecule has 3 heterocycles. The molecule has 0 saturated heterocycles. The molecule has 4 heteroatoms. The predicted molar refractivity (Wildman–Crippen MR) is 101 cm³/mol. The predicted octanol–water partition coefficient (Wildman–Crippen LogP) is 4.49. The minimum atomic E-state index is 0.0744. The summed E-state index contributed by atoms with van der Waals surface area (Å²) in [5, 5.41) is 0. The van der Waals surface area contributed by atoms with Gasteiger partial charge in [0.05, 0.1) is 11.0 Å². The average molecular weight is 326 g/mol. The number of aromatic nitrogens is 3. The summed E-state index contributed by atoms with van der Waals surface area (Å²) in [6.07, 6.45) is 3.80. The van der Waals surface area contributed by atoms with Gasteiger partial charge in [0.25, 0.3) is 0 Å². The van der Waals surface area contributed by atoms with E-state index in [9.17, 15) is 0 Å². The summed E-state index contributed by atoms with van der Waals surface area (Å²) in [6.45, 7) is 3.12. The van der Waals surface area contributed by atoms with Crippen molar-refractivity contribution in [2.45, 2.75) is 13.1 Å². The number of hydrogen-bond acceptors (Lipinski definition) is 3. The van der Waals surface area contributed by atoms with Crippen LogP contribution in [0.3, 0.4) is 0 Å². The summed E-state index contributed by atoms with van der Waals surface area (Å²) in [7, 11) is 0. The Labute approximate surface area is 146 Å². The van der Waals surface area contributed by atoms with Crippen LogP contribution < -0.4 is 4.90 Å². The summed E-state index contributed by atoms with van der Waals surface area (Å²) < 4.78 is 2.36. The highest BCUT2D eigenvalue weighted by Gasteiger charge is 2.33. The maximum atomic E-state index is 4.96. The lowest BCUT2D eigenvalue weighted by molar-refractivity contribution is 0.555. The van der Waals surface area contributed by atoms with Crippen molar-refractivity contribution in [3.05, 3.63) is 78.6 Å². The number of benzene rings is 2. The molecule has 4 nitrogen and oxygen atoms in total. The number of fused-ring (bicyclic) bond motifs is 5. The van der Waals surface area contributed by atoms with E-state index in [2.05, 4.69) is 76.0 Å². The largest absolute Gasteiger partial charge is 0.347 e. The van der Waals surface area contributed by atoms with Gasteiger partial charge in [0, 0.05) is 30.2 Å². The monoisotopic (exact) mass is 326 g/mol. The zero-order valence-corrected chi connectivity index (χ0v) is 14.0. The minimum Gasteiger partial charge on any atom is -0.347 e. The summed E-state index contributed by atoms with van der Waals surface area (Å²) in [4.78, 5) is 11.6. The SMILES string of the molecule is CCN1c2ccccc2-c2nc3ccccc3n2[C@H]1c1ccncc1. The lowest BCUT2D eigenvalue weighted by Gasteiger charge is -2.40. The molecule has 0 saturated carbocycles. The van der Waals surface area contributed by atoms with Crippen LogP contribution in [0, 0.1) is 0 Å². The van der Waals surface area contributed by atoms with Crippen molar-refractivity contribution in [1.29, 1.82) is 0 Å². The van der Waals surface area contributed by atoms with Crippen molar-refractivity contribution in [3.63, 3.8) is 0 Å². The number of anilines is 1. The molecule has 4 aromatic rings. The number of pyridine rings is 1.